The van der Waals surface area contributed by atoms with Crippen LogP contribution in [0.25, 0.3) is 11.3 Å². The number of para-hydroxylation sites is 1. The van der Waals surface area contributed by atoms with E-state index >= 15 is 0 Å². The van der Waals surface area contributed by atoms with Crippen molar-refractivity contribution in [3.63, 3.8) is 0 Å². The molecule has 2 aromatic heterocycles. The highest BCUT2D eigenvalue weighted by Gasteiger charge is 2.22. The molecule has 0 atom stereocenters. The van der Waals surface area contributed by atoms with E-state index < -0.39 is 10.0 Å². The summed E-state index contributed by atoms with van der Waals surface area (Å²) >= 11 is 4.56. The summed E-state index contributed by atoms with van der Waals surface area (Å²) in [5.74, 6) is 0.830. The number of anilines is 1. The number of rotatable bonds is 5. The molecule has 2 heterocycles. The molecule has 6 nitrogen and oxygen atoms in total. The second kappa shape index (κ2) is 6.58. The van der Waals surface area contributed by atoms with E-state index in [1.54, 1.807) is 42.6 Å². The molecule has 0 bridgehead atoms. The summed E-state index contributed by atoms with van der Waals surface area (Å²) in [4.78, 5) is 0. The Labute approximate surface area is 151 Å². The fraction of sp³-hybridized carbons (Fsp3) is 0.133. The number of thiophene rings is 1. The summed E-state index contributed by atoms with van der Waals surface area (Å²) in [6.45, 7) is 1.80. The lowest BCUT2D eigenvalue weighted by Gasteiger charge is -2.13. The summed E-state index contributed by atoms with van der Waals surface area (Å²) in [6, 6.07) is 8.34. The van der Waals surface area contributed by atoms with Crippen molar-refractivity contribution in [2.24, 2.45) is 0 Å². The first-order chi connectivity index (χ1) is 11.4. The molecule has 0 unspecified atom stereocenters. The molecule has 0 saturated carbocycles. The standard InChI is InChI=1S/C15H13BrN2O4S2/c1-9-13(16)15(22-17-9)10-5-3-6-11(14(10)21-2)18-24(19,20)12-7-4-8-23-12/h3-8,18H,1-2H3. The Hall–Kier alpha value is -1.84. The van der Waals surface area contributed by atoms with Gasteiger partial charge in [-0.15, -0.1) is 11.3 Å². The zero-order valence-electron chi connectivity index (χ0n) is 12.7. The van der Waals surface area contributed by atoms with Gasteiger partial charge in [0.15, 0.2) is 11.5 Å². The molecule has 0 spiro atoms. The third kappa shape index (κ3) is 3.06. The minimum atomic E-state index is -3.68. The van der Waals surface area contributed by atoms with Crippen molar-refractivity contribution >= 4 is 43.0 Å². The Kier molecular flexibility index (Phi) is 4.66. The van der Waals surface area contributed by atoms with Gasteiger partial charge in [0.05, 0.1) is 28.5 Å². The van der Waals surface area contributed by atoms with E-state index in [0.29, 0.717) is 32.9 Å². The van der Waals surface area contributed by atoms with Gasteiger partial charge in [-0.2, -0.15) is 0 Å². The van der Waals surface area contributed by atoms with E-state index in [4.69, 9.17) is 9.26 Å². The lowest BCUT2D eigenvalue weighted by Crippen LogP contribution is -2.12. The van der Waals surface area contributed by atoms with E-state index in [0.717, 1.165) is 11.3 Å². The molecule has 9 heteroatoms. The van der Waals surface area contributed by atoms with Crippen LogP contribution < -0.4 is 9.46 Å². The molecule has 0 aliphatic carbocycles. The maximum absolute atomic E-state index is 12.4. The Morgan fingerprint density at radius 3 is 2.67 bits per heavy atom. The molecule has 1 N–H and O–H groups in total. The normalized spacial score (nSPS) is 11.5. The van der Waals surface area contributed by atoms with Crippen LogP contribution in [0.4, 0.5) is 5.69 Å². The molecular formula is C15H13BrN2O4S2. The van der Waals surface area contributed by atoms with E-state index in [1.165, 1.54) is 7.11 Å². The van der Waals surface area contributed by atoms with Gasteiger partial charge in [0.2, 0.25) is 0 Å². The molecule has 24 heavy (non-hydrogen) atoms. The van der Waals surface area contributed by atoms with E-state index in [2.05, 4.69) is 25.8 Å². The number of benzene rings is 1. The van der Waals surface area contributed by atoms with Crippen LogP contribution in [-0.2, 0) is 10.0 Å². The number of halogens is 1. The summed E-state index contributed by atoms with van der Waals surface area (Å²) in [5.41, 5.74) is 1.61. The lowest BCUT2D eigenvalue weighted by atomic mass is 10.1. The third-order valence-electron chi connectivity index (χ3n) is 3.26. The van der Waals surface area contributed by atoms with Gasteiger partial charge < -0.3 is 9.26 Å². The van der Waals surface area contributed by atoms with Gasteiger partial charge in [0, 0.05) is 0 Å². The summed E-state index contributed by atoms with van der Waals surface area (Å²) in [6.07, 6.45) is 0. The smallest absolute Gasteiger partial charge is 0.271 e. The number of methoxy groups -OCH3 is 1. The van der Waals surface area contributed by atoms with Crippen molar-refractivity contribution in [2.75, 3.05) is 11.8 Å². The predicted octanol–water partition coefficient (Wildman–Crippen LogP) is 4.28. The molecule has 0 aliphatic rings. The average Bonchev–Trinajstić information content (AvgIpc) is 3.19. The number of ether oxygens (including phenoxy) is 1. The van der Waals surface area contributed by atoms with Crippen LogP contribution in [0.1, 0.15) is 5.69 Å². The molecule has 3 aromatic rings. The van der Waals surface area contributed by atoms with Crippen molar-refractivity contribution in [2.45, 2.75) is 11.1 Å². The SMILES string of the molecule is COc1c(NS(=O)(=O)c2cccs2)cccc1-c1onc(C)c1Br. The number of aromatic nitrogens is 1. The molecule has 0 radical (unpaired) electrons. The number of nitrogens with zero attached hydrogens (tertiary/aromatic N) is 1. The van der Waals surface area contributed by atoms with Gasteiger partial charge in [0.25, 0.3) is 10.0 Å². The molecule has 3 rings (SSSR count). The second-order valence-electron chi connectivity index (χ2n) is 4.84. The van der Waals surface area contributed by atoms with Crippen LogP contribution >= 0.6 is 27.3 Å². The Balaban J connectivity index is 2.07. The zero-order chi connectivity index (χ0) is 17.3. The largest absolute Gasteiger partial charge is 0.494 e. The van der Waals surface area contributed by atoms with Crippen molar-refractivity contribution < 1.29 is 17.7 Å². The summed E-state index contributed by atoms with van der Waals surface area (Å²) in [5, 5.41) is 5.60. The average molecular weight is 429 g/mol. The quantitative estimate of drug-likeness (QED) is 0.655. The highest BCUT2D eigenvalue weighted by molar-refractivity contribution is 9.10. The van der Waals surface area contributed by atoms with E-state index in [9.17, 15) is 8.42 Å². The van der Waals surface area contributed by atoms with Gasteiger partial charge in [-0.25, -0.2) is 8.42 Å². The van der Waals surface area contributed by atoms with Crippen LogP contribution in [-0.4, -0.2) is 20.7 Å². The van der Waals surface area contributed by atoms with Crippen molar-refractivity contribution in [3.05, 3.63) is 45.9 Å². The number of aryl methyl sites for hydroxylation is 1. The highest BCUT2D eigenvalue weighted by Crippen LogP contribution is 2.41. The molecule has 0 aliphatic heterocycles. The Morgan fingerprint density at radius 2 is 2.08 bits per heavy atom. The number of sulfonamides is 1. The topological polar surface area (TPSA) is 81.4 Å². The molecular weight excluding hydrogens is 416 g/mol. The van der Waals surface area contributed by atoms with E-state index in [-0.39, 0.29) is 4.21 Å². The van der Waals surface area contributed by atoms with Crippen LogP contribution in [0.15, 0.2) is 48.9 Å². The van der Waals surface area contributed by atoms with E-state index in [1.807, 2.05) is 0 Å². The summed E-state index contributed by atoms with van der Waals surface area (Å²) in [7, 11) is -2.20. The maximum Gasteiger partial charge on any atom is 0.271 e. The number of hydrogen-bond acceptors (Lipinski definition) is 6. The van der Waals surface area contributed by atoms with Crippen LogP contribution in [0.5, 0.6) is 5.75 Å². The first kappa shape index (κ1) is 17.0. The van der Waals surface area contributed by atoms with Crippen LogP contribution in [0.3, 0.4) is 0 Å². The Bertz CT molecular complexity index is 966. The van der Waals surface area contributed by atoms with Crippen molar-refractivity contribution in [1.82, 2.24) is 5.16 Å². The zero-order valence-corrected chi connectivity index (χ0v) is 16.0. The van der Waals surface area contributed by atoms with Crippen molar-refractivity contribution in [3.8, 4) is 17.1 Å². The second-order valence-corrected chi connectivity index (χ2v) is 8.48. The van der Waals surface area contributed by atoms with Crippen molar-refractivity contribution in [1.29, 1.82) is 0 Å². The van der Waals surface area contributed by atoms with Gasteiger partial charge >= 0.3 is 0 Å². The van der Waals surface area contributed by atoms with Gasteiger partial charge in [0.1, 0.15) is 4.21 Å². The Morgan fingerprint density at radius 1 is 1.29 bits per heavy atom. The fourth-order valence-electron chi connectivity index (χ4n) is 2.15. The first-order valence-corrected chi connectivity index (χ1v) is 9.95. The minimum Gasteiger partial charge on any atom is -0.494 e. The van der Waals surface area contributed by atoms with Gasteiger partial charge in [-0.1, -0.05) is 17.3 Å². The maximum atomic E-state index is 12.4. The fourth-order valence-corrected chi connectivity index (χ4v) is 4.57. The molecule has 0 fully saturated rings. The number of hydrogen-bond donors (Lipinski definition) is 1. The molecule has 126 valence electrons. The minimum absolute atomic E-state index is 0.228. The van der Waals surface area contributed by atoms with Crippen LogP contribution in [0.2, 0.25) is 0 Å². The lowest BCUT2D eigenvalue weighted by molar-refractivity contribution is 0.406. The highest BCUT2D eigenvalue weighted by atomic mass is 79.9. The first-order valence-electron chi connectivity index (χ1n) is 6.79. The molecule has 1 aromatic carbocycles. The third-order valence-corrected chi connectivity index (χ3v) is 6.96. The predicted molar refractivity (Wildman–Crippen MR) is 96.1 cm³/mol. The monoisotopic (exact) mass is 428 g/mol. The van der Waals surface area contributed by atoms with Gasteiger partial charge in [-0.05, 0) is 46.4 Å². The molecule has 0 amide bonds. The van der Waals surface area contributed by atoms with Crippen LogP contribution in [0, 0.1) is 6.92 Å². The van der Waals surface area contributed by atoms with Gasteiger partial charge in [-0.3, -0.25) is 4.72 Å². The molecule has 0 saturated heterocycles. The summed E-state index contributed by atoms with van der Waals surface area (Å²) < 4.78 is 39.1. The number of nitrogens with one attached hydrogen (secondary N) is 1.